The Balaban J connectivity index is 1.76. The molecule has 1 N–H and O–H groups in total. The highest BCUT2D eigenvalue weighted by Gasteiger charge is 2.33. The quantitative estimate of drug-likeness (QED) is 0.911. The van der Waals surface area contributed by atoms with Gasteiger partial charge in [-0.2, -0.15) is 0 Å². The molecule has 0 aliphatic carbocycles. The summed E-state index contributed by atoms with van der Waals surface area (Å²) < 4.78 is 0. The van der Waals surface area contributed by atoms with Gasteiger partial charge in [0.25, 0.3) is 5.91 Å². The van der Waals surface area contributed by atoms with Crippen molar-refractivity contribution in [2.75, 3.05) is 5.32 Å². The first-order chi connectivity index (χ1) is 11.0. The number of hydrogen-bond acceptors (Lipinski definition) is 2. The van der Waals surface area contributed by atoms with Crippen LogP contribution < -0.4 is 5.32 Å². The first kappa shape index (κ1) is 15.8. The molecular weight excluding hydrogens is 335 g/mol. The molecule has 2 aromatic carbocycles. The van der Waals surface area contributed by atoms with Gasteiger partial charge < -0.3 is 10.2 Å². The number of halogens is 2. The maximum atomic E-state index is 12.5. The second-order valence-corrected chi connectivity index (χ2v) is 6.22. The third-order valence-corrected chi connectivity index (χ3v) is 4.45. The van der Waals surface area contributed by atoms with E-state index in [4.69, 9.17) is 23.2 Å². The number of hydrogen-bond donors (Lipinski definition) is 1. The van der Waals surface area contributed by atoms with Crippen LogP contribution in [0.25, 0.3) is 0 Å². The summed E-state index contributed by atoms with van der Waals surface area (Å²) >= 11 is 12.0. The lowest BCUT2D eigenvalue weighted by Crippen LogP contribution is -2.42. The van der Waals surface area contributed by atoms with Gasteiger partial charge in [-0.25, -0.2) is 0 Å². The maximum Gasteiger partial charge on any atom is 0.255 e. The topological polar surface area (TPSA) is 49.4 Å². The minimum atomic E-state index is -0.620. The molecule has 23 heavy (non-hydrogen) atoms. The SMILES string of the molecule is C[C@H](C(=O)Nc1cc(Cl)ccc1Cl)N1Cc2ccccc2C1=O. The van der Waals surface area contributed by atoms with E-state index in [0.717, 1.165) is 5.56 Å². The molecule has 118 valence electrons. The van der Waals surface area contributed by atoms with Crippen molar-refractivity contribution in [3.8, 4) is 0 Å². The lowest BCUT2D eigenvalue weighted by atomic mass is 10.1. The van der Waals surface area contributed by atoms with Gasteiger partial charge in [-0.3, -0.25) is 9.59 Å². The van der Waals surface area contributed by atoms with Crippen LogP contribution in [0.2, 0.25) is 10.0 Å². The number of amides is 2. The molecule has 0 bridgehead atoms. The van der Waals surface area contributed by atoms with Gasteiger partial charge in [0.2, 0.25) is 5.91 Å². The van der Waals surface area contributed by atoms with Gasteiger partial charge in [-0.1, -0.05) is 41.4 Å². The number of benzene rings is 2. The lowest BCUT2D eigenvalue weighted by Gasteiger charge is -2.23. The Labute approximate surface area is 144 Å². The largest absolute Gasteiger partial charge is 0.323 e. The Morgan fingerprint density at radius 1 is 1.22 bits per heavy atom. The maximum absolute atomic E-state index is 12.5. The second kappa shape index (κ2) is 6.22. The number of nitrogens with one attached hydrogen (secondary N) is 1. The Morgan fingerprint density at radius 2 is 1.96 bits per heavy atom. The van der Waals surface area contributed by atoms with Crippen LogP contribution >= 0.6 is 23.2 Å². The predicted molar refractivity (Wildman–Crippen MR) is 90.9 cm³/mol. The fourth-order valence-electron chi connectivity index (χ4n) is 2.56. The zero-order valence-electron chi connectivity index (χ0n) is 12.3. The number of fused-ring (bicyclic) bond motifs is 1. The molecule has 0 unspecified atom stereocenters. The summed E-state index contributed by atoms with van der Waals surface area (Å²) in [4.78, 5) is 26.4. The van der Waals surface area contributed by atoms with E-state index in [2.05, 4.69) is 5.32 Å². The van der Waals surface area contributed by atoms with Crippen molar-refractivity contribution < 1.29 is 9.59 Å². The fourth-order valence-corrected chi connectivity index (χ4v) is 2.90. The number of nitrogens with zero attached hydrogens (tertiary/aromatic N) is 1. The third-order valence-electron chi connectivity index (χ3n) is 3.88. The van der Waals surface area contributed by atoms with Crippen LogP contribution in [-0.4, -0.2) is 22.8 Å². The van der Waals surface area contributed by atoms with E-state index in [-0.39, 0.29) is 11.8 Å². The summed E-state index contributed by atoms with van der Waals surface area (Å²) in [5, 5.41) is 3.59. The fraction of sp³-hybridized carbons (Fsp3) is 0.176. The van der Waals surface area contributed by atoms with Gasteiger partial charge in [0.15, 0.2) is 0 Å². The minimum Gasteiger partial charge on any atom is -0.323 e. The molecule has 1 heterocycles. The Bertz CT molecular complexity index is 792. The van der Waals surface area contributed by atoms with Gasteiger partial charge >= 0.3 is 0 Å². The summed E-state index contributed by atoms with van der Waals surface area (Å²) in [6.07, 6.45) is 0. The van der Waals surface area contributed by atoms with Crippen LogP contribution in [0.5, 0.6) is 0 Å². The zero-order chi connectivity index (χ0) is 16.6. The van der Waals surface area contributed by atoms with Crippen LogP contribution in [0.15, 0.2) is 42.5 Å². The van der Waals surface area contributed by atoms with E-state index >= 15 is 0 Å². The monoisotopic (exact) mass is 348 g/mol. The Morgan fingerprint density at radius 3 is 2.70 bits per heavy atom. The summed E-state index contributed by atoms with van der Waals surface area (Å²) in [7, 11) is 0. The Hall–Kier alpha value is -2.04. The molecule has 0 saturated heterocycles. The molecule has 2 amide bonds. The molecule has 0 fully saturated rings. The first-order valence-corrected chi connectivity index (χ1v) is 7.88. The summed E-state index contributed by atoms with van der Waals surface area (Å²) in [5.41, 5.74) is 2.01. The molecule has 1 atom stereocenters. The minimum absolute atomic E-state index is 0.138. The van der Waals surface area contributed by atoms with E-state index in [1.807, 2.05) is 18.2 Å². The average molecular weight is 349 g/mol. The molecule has 0 radical (unpaired) electrons. The highest BCUT2D eigenvalue weighted by Crippen LogP contribution is 2.27. The van der Waals surface area contributed by atoms with Crippen molar-refractivity contribution in [3.63, 3.8) is 0 Å². The van der Waals surface area contributed by atoms with Crippen molar-refractivity contribution in [3.05, 3.63) is 63.6 Å². The molecule has 0 spiro atoms. The van der Waals surface area contributed by atoms with Crippen molar-refractivity contribution in [1.29, 1.82) is 0 Å². The van der Waals surface area contributed by atoms with E-state index in [1.165, 1.54) is 0 Å². The normalized spacial score (nSPS) is 14.6. The van der Waals surface area contributed by atoms with Crippen LogP contribution in [0.1, 0.15) is 22.8 Å². The first-order valence-electron chi connectivity index (χ1n) is 7.12. The van der Waals surface area contributed by atoms with Crippen LogP contribution in [-0.2, 0) is 11.3 Å². The van der Waals surface area contributed by atoms with E-state index < -0.39 is 6.04 Å². The van der Waals surface area contributed by atoms with E-state index in [1.54, 1.807) is 36.1 Å². The molecule has 4 nitrogen and oxygen atoms in total. The van der Waals surface area contributed by atoms with Gasteiger partial charge in [0.05, 0.1) is 10.7 Å². The van der Waals surface area contributed by atoms with Crippen molar-refractivity contribution in [2.24, 2.45) is 0 Å². The number of anilines is 1. The van der Waals surface area contributed by atoms with Crippen LogP contribution in [0.3, 0.4) is 0 Å². The van der Waals surface area contributed by atoms with Crippen LogP contribution in [0, 0.1) is 0 Å². The standard InChI is InChI=1S/C17H14Cl2N2O2/c1-10(16(22)20-15-8-12(18)6-7-14(15)19)21-9-11-4-2-3-5-13(11)17(21)23/h2-8,10H,9H2,1H3,(H,20,22)/t10-/m1/s1. The Kier molecular flexibility index (Phi) is 4.28. The van der Waals surface area contributed by atoms with Gasteiger partial charge in [0.1, 0.15) is 6.04 Å². The molecule has 0 aromatic heterocycles. The second-order valence-electron chi connectivity index (χ2n) is 5.38. The van der Waals surface area contributed by atoms with Crippen molar-refractivity contribution in [1.82, 2.24) is 4.90 Å². The molecule has 3 rings (SSSR count). The summed E-state index contributed by atoms with van der Waals surface area (Å²) in [6, 6.07) is 11.6. The molecule has 1 aliphatic heterocycles. The number of carbonyl (C=O) groups is 2. The molecule has 2 aromatic rings. The zero-order valence-corrected chi connectivity index (χ0v) is 13.9. The predicted octanol–water partition coefficient (Wildman–Crippen LogP) is 3.98. The highest BCUT2D eigenvalue weighted by molar-refractivity contribution is 6.35. The summed E-state index contributed by atoms with van der Waals surface area (Å²) in [6.45, 7) is 2.12. The average Bonchev–Trinajstić information content (AvgIpc) is 2.87. The molecule has 6 heteroatoms. The third kappa shape index (κ3) is 3.05. The smallest absolute Gasteiger partial charge is 0.255 e. The van der Waals surface area contributed by atoms with E-state index in [9.17, 15) is 9.59 Å². The van der Waals surface area contributed by atoms with Crippen LogP contribution in [0.4, 0.5) is 5.69 Å². The van der Waals surface area contributed by atoms with Crippen molar-refractivity contribution >= 4 is 40.7 Å². The summed E-state index contributed by atoms with van der Waals surface area (Å²) in [5.74, 6) is -0.448. The lowest BCUT2D eigenvalue weighted by molar-refractivity contribution is -0.120. The number of rotatable bonds is 3. The molecule has 1 aliphatic rings. The van der Waals surface area contributed by atoms with Gasteiger partial charge in [-0.15, -0.1) is 0 Å². The van der Waals surface area contributed by atoms with Gasteiger partial charge in [0, 0.05) is 17.1 Å². The van der Waals surface area contributed by atoms with E-state index in [0.29, 0.717) is 27.8 Å². The number of carbonyl (C=O) groups excluding carboxylic acids is 2. The van der Waals surface area contributed by atoms with Crippen molar-refractivity contribution in [2.45, 2.75) is 19.5 Å². The van der Waals surface area contributed by atoms with Gasteiger partial charge in [-0.05, 0) is 36.8 Å². The molecular formula is C17H14Cl2N2O2. The molecule has 0 saturated carbocycles. The highest BCUT2D eigenvalue weighted by atomic mass is 35.5.